The van der Waals surface area contributed by atoms with E-state index >= 15 is 0 Å². The number of imidazole rings is 1. The van der Waals surface area contributed by atoms with E-state index in [1.807, 2.05) is 0 Å². The monoisotopic (exact) mass is 304 g/mol. The highest BCUT2D eigenvalue weighted by Gasteiger charge is 2.09. The molecule has 0 saturated carbocycles. The van der Waals surface area contributed by atoms with Crippen LogP contribution in [0.25, 0.3) is 21.8 Å². The third-order valence-electron chi connectivity index (χ3n) is 4.55. The number of aryl methyl sites for hydroxylation is 3. The molecule has 116 valence electrons. The summed E-state index contributed by atoms with van der Waals surface area (Å²) in [6.45, 7) is 2.15. The molecule has 0 saturated heterocycles. The minimum Gasteiger partial charge on any atom is -0.340 e. The number of nitrogens with zero attached hydrogens (tertiary/aromatic N) is 3. The third-order valence-corrected chi connectivity index (χ3v) is 4.55. The zero-order valence-electron chi connectivity index (χ0n) is 13.5. The Bertz CT molecular complexity index is 893. The number of unbranched alkanes of at least 4 members (excludes halogenated alkanes) is 1. The van der Waals surface area contributed by atoms with E-state index in [9.17, 15) is 0 Å². The van der Waals surface area contributed by atoms with E-state index in [1.54, 1.807) is 0 Å². The van der Waals surface area contributed by atoms with E-state index in [4.69, 9.17) is 0 Å². The highest BCUT2D eigenvalue weighted by atomic mass is 15.1. The van der Waals surface area contributed by atoms with Crippen molar-refractivity contribution < 1.29 is 4.57 Å². The molecule has 0 fully saturated rings. The van der Waals surface area contributed by atoms with Crippen LogP contribution in [0, 0.1) is 0 Å². The lowest BCUT2D eigenvalue weighted by atomic mass is 10.2. The van der Waals surface area contributed by atoms with E-state index < -0.39 is 0 Å². The van der Waals surface area contributed by atoms with Gasteiger partial charge in [-0.05, 0) is 25.0 Å². The van der Waals surface area contributed by atoms with Gasteiger partial charge in [-0.15, -0.1) is 0 Å². The fourth-order valence-corrected chi connectivity index (χ4v) is 3.44. The predicted molar refractivity (Wildman–Crippen MR) is 94.3 cm³/mol. The number of hydrogen-bond donors (Lipinski definition) is 0. The SMILES string of the molecule is C[n+]1ccn(CCCCn2c3ccccc3c3ccccc32)c1. The van der Waals surface area contributed by atoms with Gasteiger partial charge in [-0.25, -0.2) is 9.13 Å². The summed E-state index contributed by atoms with van der Waals surface area (Å²) in [5.41, 5.74) is 2.70. The lowest BCUT2D eigenvalue weighted by Crippen LogP contribution is -2.23. The summed E-state index contributed by atoms with van der Waals surface area (Å²) in [5.74, 6) is 0. The van der Waals surface area contributed by atoms with Crippen molar-refractivity contribution in [2.24, 2.45) is 7.05 Å². The minimum absolute atomic E-state index is 1.07. The van der Waals surface area contributed by atoms with E-state index in [0.29, 0.717) is 0 Å². The first-order chi connectivity index (χ1) is 11.3. The number of aromatic nitrogens is 3. The Morgan fingerprint density at radius 3 is 2.04 bits per heavy atom. The number of benzene rings is 2. The quantitative estimate of drug-likeness (QED) is 0.392. The van der Waals surface area contributed by atoms with Crippen molar-refractivity contribution in [2.75, 3.05) is 0 Å². The highest BCUT2D eigenvalue weighted by molar-refractivity contribution is 6.07. The van der Waals surface area contributed by atoms with E-state index in [-0.39, 0.29) is 0 Å². The van der Waals surface area contributed by atoms with Gasteiger partial charge in [-0.2, -0.15) is 0 Å². The smallest absolute Gasteiger partial charge is 0.243 e. The Labute approximate surface area is 136 Å². The number of rotatable bonds is 5. The lowest BCUT2D eigenvalue weighted by Gasteiger charge is -2.06. The molecule has 2 aromatic carbocycles. The maximum absolute atomic E-state index is 2.47. The lowest BCUT2D eigenvalue weighted by molar-refractivity contribution is -0.671. The van der Waals surface area contributed by atoms with Gasteiger partial charge < -0.3 is 4.57 Å². The van der Waals surface area contributed by atoms with Crippen molar-refractivity contribution in [3.8, 4) is 0 Å². The molecule has 2 heterocycles. The van der Waals surface area contributed by atoms with Gasteiger partial charge in [0.15, 0.2) is 0 Å². The molecular weight excluding hydrogens is 282 g/mol. The van der Waals surface area contributed by atoms with Crippen LogP contribution in [0.3, 0.4) is 0 Å². The van der Waals surface area contributed by atoms with Crippen molar-refractivity contribution in [1.29, 1.82) is 0 Å². The first kappa shape index (κ1) is 14.1. The Morgan fingerprint density at radius 1 is 0.826 bits per heavy atom. The van der Waals surface area contributed by atoms with Gasteiger partial charge in [0.2, 0.25) is 6.33 Å². The maximum Gasteiger partial charge on any atom is 0.243 e. The summed E-state index contributed by atoms with van der Waals surface area (Å²) in [7, 11) is 2.06. The Balaban J connectivity index is 1.55. The molecule has 3 nitrogen and oxygen atoms in total. The maximum atomic E-state index is 2.47. The van der Waals surface area contributed by atoms with Crippen molar-refractivity contribution in [2.45, 2.75) is 25.9 Å². The molecule has 3 heteroatoms. The second-order valence-electron chi connectivity index (χ2n) is 6.21. The normalized spacial score (nSPS) is 11.5. The first-order valence-electron chi connectivity index (χ1n) is 8.30. The highest BCUT2D eigenvalue weighted by Crippen LogP contribution is 2.28. The van der Waals surface area contributed by atoms with Crippen LogP contribution < -0.4 is 4.57 Å². The average molecular weight is 304 g/mol. The molecule has 0 atom stereocenters. The van der Waals surface area contributed by atoms with Gasteiger partial charge in [-0.3, -0.25) is 0 Å². The molecule has 0 aliphatic heterocycles. The molecular formula is C20H22N3+. The van der Waals surface area contributed by atoms with Crippen LogP contribution in [0.1, 0.15) is 12.8 Å². The van der Waals surface area contributed by atoms with Crippen molar-refractivity contribution in [3.63, 3.8) is 0 Å². The van der Waals surface area contributed by atoms with Crippen molar-refractivity contribution in [3.05, 3.63) is 67.3 Å². The van der Waals surface area contributed by atoms with Crippen molar-refractivity contribution >= 4 is 21.8 Å². The molecule has 0 amide bonds. The second-order valence-corrected chi connectivity index (χ2v) is 6.21. The molecule has 0 spiro atoms. The Morgan fingerprint density at radius 2 is 1.43 bits per heavy atom. The van der Waals surface area contributed by atoms with Gasteiger partial charge in [0.05, 0.1) is 13.6 Å². The van der Waals surface area contributed by atoms with Gasteiger partial charge in [0.1, 0.15) is 12.4 Å². The van der Waals surface area contributed by atoms with E-state index in [0.717, 1.165) is 13.1 Å². The molecule has 0 N–H and O–H groups in total. The Hall–Kier alpha value is -2.55. The summed E-state index contributed by atoms with van der Waals surface area (Å²) >= 11 is 0. The fourth-order valence-electron chi connectivity index (χ4n) is 3.44. The molecule has 2 aromatic heterocycles. The molecule has 0 aliphatic carbocycles. The molecule has 4 aromatic rings. The number of hydrogen-bond acceptors (Lipinski definition) is 0. The summed E-state index contributed by atoms with van der Waals surface area (Å²) in [5, 5.41) is 2.72. The van der Waals surface area contributed by atoms with Crippen LogP contribution in [-0.2, 0) is 20.1 Å². The third kappa shape index (κ3) is 2.63. The molecule has 0 radical (unpaired) electrons. The standard InChI is InChI=1S/C20H22N3/c1-21-14-15-22(16-21)12-6-7-13-23-19-10-4-2-8-17(19)18-9-3-5-11-20(18)23/h2-5,8-11,14-16H,6-7,12-13H2,1H3/q+1. The molecule has 0 aliphatic rings. The summed E-state index contributed by atoms with van der Waals surface area (Å²) in [6.07, 6.45) is 8.74. The van der Waals surface area contributed by atoms with Crippen LogP contribution >= 0.6 is 0 Å². The molecule has 23 heavy (non-hydrogen) atoms. The van der Waals surface area contributed by atoms with Crippen molar-refractivity contribution in [1.82, 2.24) is 9.13 Å². The zero-order valence-corrected chi connectivity index (χ0v) is 13.5. The van der Waals surface area contributed by atoms with E-state index in [1.165, 1.54) is 34.6 Å². The molecule has 0 bridgehead atoms. The van der Waals surface area contributed by atoms with Crippen LogP contribution in [0.5, 0.6) is 0 Å². The van der Waals surface area contributed by atoms with E-state index in [2.05, 4.69) is 88.0 Å². The molecule has 4 rings (SSSR count). The second kappa shape index (κ2) is 5.92. The van der Waals surface area contributed by atoms with Crippen LogP contribution in [0.15, 0.2) is 67.3 Å². The van der Waals surface area contributed by atoms with Gasteiger partial charge >= 0.3 is 0 Å². The number of fused-ring (bicyclic) bond motifs is 3. The van der Waals surface area contributed by atoms with Gasteiger partial charge in [0, 0.05) is 28.4 Å². The topological polar surface area (TPSA) is 13.7 Å². The van der Waals surface area contributed by atoms with Crippen LogP contribution in [-0.4, -0.2) is 9.13 Å². The van der Waals surface area contributed by atoms with Crippen LogP contribution in [0.4, 0.5) is 0 Å². The fraction of sp³-hybridized carbons (Fsp3) is 0.250. The number of para-hydroxylation sites is 2. The van der Waals surface area contributed by atoms with Crippen LogP contribution in [0.2, 0.25) is 0 Å². The minimum atomic E-state index is 1.07. The van der Waals surface area contributed by atoms with Gasteiger partial charge in [0.25, 0.3) is 0 Å². The zero-order chi connectivity index (χ0) is 15.6. The van der Waals surface area contributed by atoms with Gasteiger partial charge in [-0.1, -0.05) is 36.4 Å². The first-order valence-corrected chi connectivity index (χ1v) is 8.30. The summed E-state index contributed by atoms with van der Waals surface area (Å²) in [4.78, 5) is 0. The summed E-state index contributed by atoms with van der Waals surface area (Å²) < 4.78 is 6.82. The summed E-state index contributed by atoms with van der Waals surface area (Å²) in [6, 6.07) is 17.5. The molecule has 0 unspecified atom stereocenters. The Kier molecular flexibility index (Phi) is 3.62. The largest absolute Gasteiger partial charge is 0.340 e. The predicted octanol–water partition coefficient (Wildman–Crippen LogP) is 3.90. The average Bonchev–Trinajstić information content (AvgIpc) is 3.14.